The van der Waals surface area contributed by atoms with Gasteiger partial charge in [-0.05, 0) is 30.9 Å². The average molecular weight is 329 g/mol. The molecule has 1 atom stereocenters. The zero-order chi connectivity index (χ0) is 16.9. The second-order valence-corrected chi connectivity index (χ2v) is 6.02. The fraction of sp³-hybridized carbons (Fsp3) is 0.471. The minimum absolute atomic E-state index is 0.453. The molecule has 1 aromatic heterocycles. The van der Waals surface area contributed by atoms with Gasteiger partial charge in [0.15, 0.2) is 5.82 Å². The highest BCUT2D eigenvalue weighted by molar-refractivity contribution is 5.64. The van der Waals surface area contributed by atoms with Crippen LogP contribution in [0.2, 0.25) is 0 Å². The zero-order valence-corrected chi connectivity index (χ0v) is 14.3. The number of anilines is 3. The minimum atomic E-state index is 0.453. The lowest BCUT2D eigenvalue weighted by molar-refractivity contribution is 0.395. The van der Waals surface area contributed by atoms with Crippen molar-refractivity contribution in [2.75, 3.05) is 37.5 Å². The lowest BCUT2D eigenvalue weighted by Crippen LogP contribution is -2.35. The van der Waals surface area contributed by atoms with Gasteiger partial charge >= 0.3 is 0 Å². The Balaban J connectivity index is 1.79. The summed E-state index contributed by atoms with van der Waals surface area (Å²) in [5, 5.41) is 11.3. The number of hydrogen-bond donors (Lipinski definition) is 1. The predicted octanol–water partition coefficient (Wildman–Crippen LogP) is 2.87. The summed E-state index contributed by atoms with van der Waals surface area (Å²) in [6, 6.07) is 5.54. The molecule has 128 valence electrons. The maximum Gasteiger partial charge on any atom is 0.249 e. The van der Waals surface area contributed by atoms with Gasteiger partial charge in [-0.1, -0.05) is 6.92 Å². The Hall–Kier alpha value is -2.57. The fourth-order valence-electron chi connectivity index (χ4n) is 2.92. The Morgan fingerprint density at radius 3 is 2.88 bits per heavy atom. The number of nitrogens with zero attached hydrogens (tertiary/aromatic N) is 4. The maximum absolute atomic E-state index is 5.39. The van der Waals surface area contributed by atoms with Crippen LogP contribution in [0.15, 0.2) is 24.4 Å². The first-order chi connectivity index (χ1) is 11.7. The van der Waals surface area contributed by atoms with E-state index in [1.165, 1.54) is 12.8 Å². The van der Waals surface area contributed by atoms with Gasteiger partial charge in [-0.2, -0.15) is 10.1 Å². The third-order valence-electron chi connectivity index (χ3n) is 4.18. The van der Waals surface area contributed by atoms with Crippen LogP contribution in [-0.2, 0) is 0 Å². The van der Waals surface area contributed by atoms with Crippen LogP contribution < -0.4 is 19.7 Å². The second-order valence-electron chi connectivity index (χ2n) is 6.02. The van der Waals surface area contributed by atoms with Crippen molar-refractivity contribution in [3.8, 4) is 11.5 Å². The van der Waals surface area contributed by atoms with E-state index in [0.717, 1.165) is 30.3 Å². The van der Waals surface area contributed by atoms with Crippen LogP contribution in [-0.4, -0.2) is 42.5 Å². The molecule has 1 N–H and O–H groups in total. The van der Waals surface area contributed by atoms with Gasteiger partial charge in [-0.25, -0.2) is 0 Å². The van der Waals surface area contributed by atoms with E-state index in [-0.39, 0.29) is 0 Å². The number of benzene rings is 1. The number of hydrogen-bond acceptors (Lipinski definition) is 7. The predicted molar refractivity (Wildman–Crippen MR) is 93.3 cm³/mol. The van der Waals surface area contributed by atoms with E-state index in [4.69, 9.17) is 9.47 Å². The highest BCUT2D eigenvalue weighted by Gasteiger charge is 2.18. The normalized spacial score (nSPS) is 17.5. The van der Waals surface area contributed by atoms with Crippen LogP contribution in [0.3, 0.4) is 0 Å². The summed E-state index contributed by atoms with van der Waals surface area (Å²) in [7, 11) is 3.24. The fourth-order valence-corrected chi connectivity index (χ4v) is 2.92. The molecule has 7 nitrogen and oxygen atoms in total. The lowest BCUT2D eigenvalue weighted by Gasteiger charge is -2.31. The molecule has 1 fully saturated rings. The number of aromatic nitrogens is 3. The quantitative estimate of drug-likeness (QED) is 0.904. The molecule has 1 aliphatic rings. The first-order valence-corrected chi connectivity index (χ1v) is 8.13. The van der Waals surface area contributed by atoms with Crippen molar-refractivity contribution in [3.63, 3.8) is 0 Å². The van der Waals surface area contributed by atoms with Gasteiger partial charge < -0.3 is 19.7 Å². The molecule has 1 aromatic carbocycles. The minimum Gasteiger partial charge on any atom is -0.497 e. The Morgan fingerprint density at radius 2 is 2.12 bits per heavy atom. The number of rotatable bonds is 5. The molecule has 0 amide bonds. The van der Waals surface area contributed by atoms with Crippen LogP contribution >= 0.6 is 0 Å². The first-order valence-electron chi connectivity index (χ1n) is 8.13. The topological polar surface area (TPSA) is 72.4 Å². The molecule has 1 saturated heterocycles. The van der Waals surface area contributed by atoms with Gasteiger partial charge in [0.2, 0.25) is 5.95 Å². The van der Waals surface area contributed by atoms with Crippen molar-refractivity contribution in [1.82, 2.24) is 15.2 Å². The SMILES string of the molecule is COc1ccc(Nc2nncc(N3CCCC(C)C3)n2)c(OC)c1. The van der Waals surface area contributed by atoms with Crippen molar-refractivity contribution in [2.45, 2.75) is 19.8 Å². The van der Waals surface area contributed by atoms with E-state index < -0.39 is 0 Å². The average Bonchev–Trinajstić information content (AvgIpc) is 2.62. The molecule has 24 heavy (non-hydrogen) atoms. The largest absolute Gasteiger partial charge is 0.497 e. The van der Waals surface area contributed by atoms with Crippen LogP contribution in [0, 0.1) is 5.92 Å². The Kier molecular flexibility index (Phi) is 4.98. The zero-order valence-electron chi connectivity index (χ0n) is 14.3. The van der Waals surface area contributed by atoms with Gasteiger partial charge in [-0.3, -0.25) is 0 Å². The molecule has 0 radical (unpaired) electrons. The van der Waals surface area contributed by atoms with Crippen molar-refractivity contribution >= 4 is 17.5 Å². The van der Waals surface area contributed by atoms with Gasteiger partial charge in [0.1, 0.15) is 11.5 Å². The molecule has 3 rings (SSSR count). The summed E-state index contributed by atoms with van der Waals surface area (Å²) in [6.07, 6.45) is 4.16. The van der Waals surface area contributed by atoms with Crippen LogP contribution in [0.5, 0.6) is 11.5 Å². The highest BCUT2D eigenvalue weighted by atomic mass is 16.5. The van der Waals surface area contributed by atoms with E-state index in [9.17, 15) is 0 Å². The van der Waals surface area contributed by atoms with E-state index >= 15 is 0 Å². The van der Waals surface area contributed by atoms with Crippen LogP contribution in [0.1, 0.15) is 19.8 Å². The maximum atomic E-state index is 5.39. The molecule has 0 saturated carbocycles. The molecule has 2 aromatic rings. The van der Waals surface area contributed by atoms with Crippen molar-refractivity contribution < 1.29 is 9.47 Å². The Bertz CT molecular complexity index is 694. The lowest BCUT2D eigenvalue weighted by atomic mass is 10.0. The van der Waals surface area contributed by atoms with Crippen LogP contribution in [0.4, 0.5) is 17.5 Å². The van der Waals surface area contributed by atoms with Crippen molar-refractivity contribution in [1.29, 1.82) is 0 Å². The molecule has 1 unspecified atom stereocenters. The molecule has 2 heterocycles. The van der Waals surface area contributed by atoms with E-state index in [1.807, 2.05) is 18.2 Å². The molecular weight excluding hydrogens is 306 g/mol. The molecule has 7 heteroatoms. The summed E-state index contributed by atoms with van der Waals surface area (Å²) in [5.74, 6) is 3.37. The Morgan fingerprint density at radius 1 is 1.25 bits per heavy atom. The monoisotopic (exact) mass is 329 g/mol. The summed E-state index contributed by atoms with van der Waals surface area (Å²) in [6.45, 7) is 4.28. The van der Waals surface area contributed by atoms with E-state index in [1.54, 1.807) is 20.4 Å². The van der Waals surface area contributed by atoms with E-state index in [0.29, 0.717) is 17.6 Å². The van der Waals surface area contributed by atoms with Crippen molar-refractivity contribution in [3.05, 3.63) is 24.4 Å². The highest BCUT2D eigenvalue weighted by Crippen LogP contribution is 2.31. The summed E-state index contributed by atoms with van der Waals surface area (Å²) < 4.78 is 10.6. The molecule has 0 spiro atoms. The molecule has 0 bridgehead atoms. The first kappa shape index (κ1) is 16.3. The van der Waals surface area contributed by atoms with Gasteiger partial charge in [0.25, 0.3) is 0 Å². The Labute approximate surface area is 142 Å². The summed E-state index contributed by atoms with van der Waals surface area (Å²) in [5.41, 5.74) is 0.768. The van der Waals surface area contributed by atoms with Gasteiger partial charge in [0, 0.05) is 19.2 Å². The van der Waals surface area contributed by atoms with Gasteiger partial charge in [0.05, 0.1) is 26.1 Å². The van der Waals surface area contributed by atoms with E-state index in [2.05, 4.69) is 32.3 Å². The third-order valence-corrected chi connectivity index (χ3v) is 4.18. The third kappa shape index (κ3) is 3.67. The summed E-state index contributed by atoms with van der Waals surface area (Å²) >= 11 is 0. The number of piperidine rings is 1. The smallest absolute Gasteiger partial charge is 0.249 e. The summed E-state index contributed by atoms with van der Waals surface area (Å²) in [4.78, 5) is 6.86. The van der Waals surface area contributed by atoms with Crippen LogP contribution in [0.25, 0.3) is 0 Å². The molecule has 1 aliphatic heterocycles. The standard InChI is InChI=1S/C17H23N5O2/c1-12-5-4-8-22(11-12)16-10-18-21-17(20-16)19-14-7-6-13(23-2)9-15(14)24-3/h6-7,9-10,12H,4-5,8,11H2,1-3H3,(H,19,20,21). The number of ether oxygens (including phenoxy) is 2. The van der Waals surface area contributed by atoms with Crippen molar-refractivity contribution in [2.24, 2.45) is 5.92 Å². The number of methoxy groups -OCH3 is 2. The molecule has 0 aliphatic carbocycles. The van der Waals surface area contributed by atoms with Gasteiger partial charge in [-0.15, -0.1) is 5.10 Å². The molecular formula is C17H23N5O2. The number of nitrogens with one attached hydrogen (secondary N) is 1. The second kappa shape index (κ2) is 7.33.